The molecule has 14 heavy (non-hydrogen) atoms. The Balaban J connectivity index is 2.61. The number of nitrogens with zero attached hydrogens (tertiary/aromatic N) is 1. The number of aromatic nitrogens is 1. The summed E-state index contributed by atoms with van der Waals surface area (Å²) in [4.78, 5) is 4.21. The smallest absolute Gasteiger partial charge is 0.228 e. The lowest BCUT2D eigenvalue weighted by molar-refractivity contribution is 0.542. The second kappa shape index (κ2) is 4.02. The fraction of sp³-hybridized carbons (Fsp3) is 0.100. The first-order chi connectivity index (χ1) is 6.68. The van der Waals surface area contributed by atoms with Crippen molar-refractivity contribution in [3.63, 3.8) is 0 Å². The van der Waals surface area contributed by atoms with Gasteiger partial charge in [0.2, 0.25) is 5.89 Å². The number of hydrogen-bond acceptors (Lipinski definition) is 2. The third kappa shape index (κ3) is 1.86. The van der Waals surface area contributed by atoms with Crippen LogP contribution in [-0.4, -0.2) is 4.98 Å². The molecule has 0 radical (unpaired) electrons. The van der Waals surface area contributed by atoms with Gasteiger partial charge in [-0.3, -0.25) is 0 Å². The van der Waals surface area contributed by atoms with Gasteiger partial charge in [0.1, 0.15) is 5.76 Å². The van der Waals surface area contributed by atoms with Crippen molar-refractivity contribution in [3.8, 4) is 11.5 Å². The fourth-order valence-electron chi connectivity index (χ4n) is 1.17. The van der Waals surface area contributed by atoms with Gasteiger partial charge in [-0.25, -0.2) is 4.98 Å². The zero-order chi connectivity index (χ0) is 10.1. The zero-order valence-corrected chi connectivity index (χ0v) is 11.2. The molecule has 0 saturated heterocycles. The molecule has 0 aliphatic heterocycles. The predicted octanol–water partition coefficient (Wildman–Crippen LogP) is 4.02. The van der Waals surface area contributed by atoms with Crippen LogP contribution in [0.15, 0.2) is 33.3 Å². The Morgan fingerprint density at radius 2 is 2.21 bits per heavy atom. The third-order valence-corrected chi connectivity index (χ3v) is 3.36. The van der Waals surface area contributed by atoms with Crippen LogP contribution >= 0.6 is 38.5 Å². The maximum atomic E-state index is 5.49. The summed E-state index contributed by atoms with van der Waals surface area (Å²) in [6.45, 7) is 1.89. The van der Waals surface area contributed by atoms with Gasteiger partial charge in [-0.1, -0.05) is 6.07 Å². The molecule has 4 heteroatoms. The van der Waals surface area contributed by atoms with Crippen LogP contribution in [0.1, 0.15) is 5.76 Å². The fourth-order valence-corrected chi connectivity index (χ4v) is 2.81. The Labute approximate surface area is 104 Å². The quantitative estimate of drug-likeness (QED) is 0.715. The number of hydrogen-bond donors (Lipinski definition) is 0. The number of rotatable bonds is 1. The summed E-state index contributed by atoms with van der Waals surface area (Å²) in [7, 11) is 0. The molecular formula is C10H7BrINO. The van der Waals surface area contributed by atoms with Crippen molar-refractivity contribution in [3.05, 3.63) is 38.2 Å². The van der Waals surface area contributed by atoms with Gasteiger partial charge in [-0.15, -0.1) is 0 Å². The van der Waals surface area contributed by atoms with E-state index in [4.69, 9.17) is 4.42 Å². The molecule has 0 amide bonds. The highest BCUT2D eigenvalue weighted by Gasteiger charge is 2.11. The van der Waals surface area contributed by atoms with Gasteiger partial charge in [0.25, 0.3) is 0 Å². The lowest BCUT2D eigenvalue weighted by Crippen LogP contribution is -1.83. The number of aryl methyl sites for hydroxylation is 1. The van der Waals surface area contributed by atoms with Crippen molar-refractivity contribution in [2.45, 2.75) is 6.92 Å². The Morgan fingerprint density at radius 3 is 2.79 bits per heavy atom. The SMILES string of the molecule is Cc1cnc(-c2c(Br)cccc2I)o1. The van der Waals surface area contributed by atoms with Crippen LogP contribution in [-0.2, 0) is 0 Å². The number of halogens is 2. The Hall–Kier alpha value is -0.360. The highest BCUT2D eigenvalue weighted by atomic mass is 127. The molecule has 0 unspecified atom stereocenters. The molecule has 2 rings (SSSR count). The van der Waals surface area contributed by atoms with Crippen LogP contribution in [0.3, 0.4) is 0 Å². The molecule has 1 aromatic heterocycles. The first-order valence-corrected chi connectivity index (χ1v) is 5.92. The maximum absolute atomic E-state index is 5.49. The highest BCUT2D eigenvalue weighted by molar-refractivity contribution is 14.1. The van der Waals surface area contributed by atoms with Gasteiger partial charge in [0.15, 0.2) is 0 Å². The van der Waals surface area contributed by atoms with E-state index in [0.29, 0.717) is 5.89 Å². The van der Waals surface area contributed by atoms with Crippen LogP contribution in [0.5, 0.6) is 0 Å². The van der Waals surface area contributed by atoms with E-state index in [0.717, 1.165) is 19.4 Å². The van der Waals surface area contributed by atoms with Gasteiger partial charge in [0, 0.05) is 8.04 Å². The molecule has 2 aromatic rings. The van der Waals surface area contributed by atoms with Crippen molar-refractivity contribution < 1.29 is 4.42 Å². The van der Waals surface area contributed by atoms with E-state index >= 15 is 0 Å². The molecule has 0 saturated carbocycles. The van der Waals surface area contributed by atoms with Gasteiger partial charge >= 0.3 is 0 Å². The van der Waals surface area contributed by atoms with E-state index in [1.807, 2.05) is 25.1 Å². The molecule has 0 bridgehead atoms. The van der Waals surface area contributed by atoms with Crippen molar-refractivity contribution >= 4 is 38.5 Å². The summed E-state index contributed by atoms with van der Waals surface area (Å²) in [5.41, 5.74) is 1.02. The summed E-state index contributed by atoms with van der Waals surface area (Å²) < 4.78 is 7.61. The number of benzene rings is 1. The first-order valence-electron chi connectivity index (χ1n) is 4.05. The predicted molar refractivity (Wildman–Crippen MR) is 67.1 cm³/mol. The average molecular weight is 364 g/mol. The Kier molecular flexibility index (Phi) is 2.92. The summed E-state index contributed by atoms with van der Waals surface area (Å²) in [5.74, 6) is 1.49. The highest BCUT2D eigenvalue weighted by Crippen LogP contribution is 2.31. The van der Waals surface area contributed by atoms with E-state index in [-0.39, 0.29) is 0 Å². The molecule has 72 valence electrons. The van der Waals surface area contributed by atoms with Crippen molar-refractivity contribution in [2.24, 2.45) is 0 Å². The average Bonchev–Trinajstić information content (AvgIpc) is 2.51. The normalized spacial score (nSPS) is 10.5. The standard InChI is InChI=1S/C10H7BrINO/c1-6-5-13-10(14-6)9-7(11)3-2-4-8(9)12/h2-5H,1H3. The number of oxazole rings is 1. The lowest BCUT2D eigenvalue weighted by atomic mass is 10.2. The van der Waals surface area contributed by atoms with Gasteiger partial charge in [-0.05, 0) is 57.6 Å². The lowest BCUT2D eigenvalue weighted by Gasteiger charge is -2.01. The Morgan fingerprint density at radius 1 is 1.43 bits per heavy atom. The second-order valence-corrected chi connectivity index (χ2v) is 4.89. The maximum Gasteiger partial charge on any atom is 0.228 e. The van der Waals surface area contributed by atoms with Gasteiger partial charge in [0.05, 0.1) is 11.8 Å². The molecule has 1 heterocycles. The third-order valence-electron chi connectivity index (χ3n) is 1.80. The summed E-state index contributed by atoms with van der Waals surface area (Å²) in [5, 5.41) is 0. The van der Waals surface area contributed by atoms with Crippen LogP contribution in [0.25, 0.3) is 11.5 Å². The summed E-state index contributed by atoms with van der Waals surface area (Å²) >= 11 is 5.76. The monoisotopic (exact) mass is 363 g/mol. The van der Waals surface area contributed by atoms with Crippen LogP contribution in [0.2, 0.25) is 0 Å². The minimum absolute atomic E-state index is 0.666. The largest absolute Gasteiger partial charge is 0.441 e. The topological polar surface area (TPSA) is 26.0 Å². The molecule has 0 fully saturated rings. The Bertz CT molecular complexity index is 447. The van der Waals surface area contributed by atoms with E-state index in [1.165, 1.54) is 0 Å². The van der Waals surface area contributed by atoms with E-state index in [2.05, 4.69) is 43.5 Å². The summed E-state index contributed by atoms with van der Waals surface area (Å²) in [6, 6.07) is 6.00. The minimum atomic E-state index is 0.666. The van der Waals surface area contributed by atoms with Crippen LogP contribution in [0, 0.1) is 10.5 Å². The molecule has 0 spiro atoms. The molecule has 0 atom stereocenters. The van der Waals surface area contributed by atoms with Crippen LogP contribution in [0.4, 0.5) is 0 Å². The zero-order valence-electron chi connectivity index (χ0n) is 7.42. The van der Waals surface area contributed by atoms with Gasteiger partial charge in [-0.2, -0.15) is 0 Å². The summed E-state index contributed by atoms with van der Waals surface area (Å²) in [6.07, 6.45) is 1.73. The van der Waals surface area contributed by atoms with E-state index in [9.17, 15) is 0 Å². The van der Waals surface area contributed by atoms with Crippen molar-refractivity contribution in [2.75, 3.05) is 0 Å². The van der Waals surface area contributed by atoms with E-state index < -0.39 is 0 Å². The van der Waals surface area contributed by atoms with Gasteiger partial charge < -0.3 is 4.42 Å². The molecular weight excluding hydrogens is 357 g/mol. The molecule has 1 aromatic carbocycles. The molecule has 0 N–H and O–H groups in total. The molecule has 0 aliphatic carbocycles. The van der Waals surface area contributed by atoms with E-state index in [1.54, 1.807) is 6.20 Å². The van der Waals surface area contributed by atoms with Crippen LogP contribution < -0.4 is 0 Å². The first kappa shape index (κ1) is 10.2. The minimum Gasteiger partial charge on any atom is -0.441 e. The molecule has 2 nitrogen and oxygen atoms in total. The van der Waals surface area contributed by atoms with Crippen molar-refractivity contribution in [1.82, 2.24) is 4.98 Å². The molecule has 0 aliphatic rings. The second-order valence-electron chi connectivity index (χ2n) is 2.87. The van der Waals surface area contributed by atoms with Crippen molar-refractivity contribution in [1.29, 1.82) is 0 Å².